The first kappa shape index (κ1) is 15.9. The number of hydrogen-bond donors (Lipinski definition) is 0. The van der Waals surface area contributed by atoms with Crippen molar-refractivity contribution in [2.24, 2.45) is 0 Å². The summed E-state index contributed by atoms with van der Waals surface area (Å²) in [4.78, 5) is 0. The Kier molecular flexibility index (Phi) is 3.52. The Balaban J connectivity index is 1.26. The van der Waals surface area contributed by atoms with Crippen molar-refractivity contribution in [3.63, 3.8) is 0 Å². The maximum absolute atomic E-state index is 2.42. The van der Waals surface area contributed by atoms with Crippen LogP contribution in [0.5, 0.6) is 0 Å². The molecule has 0 fully saturated rings. The van der Waals surface area contributed by atoms with Crippen LogP contribution in [-0.4, -0.2) is 0 Å². The van der Waals surface area contributed by atoms with E-state index in [0.717, 1.165) is 25.7 Å². The third-order valence-electron chi connectivity index (χ3n) is 6.43. The highest BCUT2D eigenvalue weighted by atomic mass is 14.2. The van der Waals surface area contributed by atoms with Gasteiger partial charge in [-0.1, -0.05) is 84.9 Å². The van der Waals surface area contributed by atoms with Crippen LogP contribution >= 0.6 is 0 Å². The standard InChI is InChI=1S/C28H22/c1-3-7-25-21(5-1)17-23-13-11-19(15-27(23)25)9-10-20-12-14-24-18-22-6-2-4-8-26(22)28(24)16-20/h1-8,11-16H,9-10,17-18H2. The molecule has 28 heavy (non-hydrogen) atoms. The van der Waals surface area contributed by atoms with Gasteiger partial charge in [0.25, 0.3) is 0 Å². The third kappa shape index (κ3) is 2.52. The van der Waals surface area contributed by atoms with E-state index < -0.39 is 0 Å². The smallest absolute Gasteiger partial charge is 0.00135 e. The molecule has 0 bridgehead atoms. The average molecular weight is 358 g/mol. The molecule has 0 nitrogen and oxygen atoms in total. The number of hydrogen-bond acceptors (Lipinski definition) is 0. The van der Waals surface area contributed by atoms with Gasteiger partial charge < -0.3 is 0 Å². The van der Waals surface area contributed by atoms with Crippen molar-refractivity contribution in [1.29, 1.82) is 0 Å². The third-order valence-corrected chi connectivity index (χ3v) is 6.43. The fourth-order valence-electron chi connectivity index (χ4n) is 4.94. The predicted molar refractivity (Wildman–Crippen MR) is 117 cm³/mol. The summed E-state index contributed by atoms with van der Waals surface area (Å²) in [5, 5.41) is 0. The van der Waals surface area contributed by atoms with Crippen LogP contribution in [0.1, 0.15) is 33.4 Å². The Hall–Kier alpha value is -3.12. The molecule has 2 aliphatic rings. The van der Waals surface area contributed by atoms with Crippen LogP contribution in [0.2, 0.25) is 0 Å². The highest BCUT2D eigenvalue weighted by Gasteiger charge is 2.19. The predicted octanol–water partition coefficient (Wildman–Crippen LogP) is 6.61. The summed E-state index contributed by atoms with van der Waals surface area (Å²) in [6.45, 7) is 0. The lowest BCUT2D eigenvalue weighted by molar-refractivity contribution is 0.959. The molecule has 0 amide bonds. The number of aryl methyl sites for hydroxylation is 2. The minimum absolute atomic E-state index is 1.08. The summed E-state index contributed by atoms with van der Waals surface area (Å²) in [7, 11) is 0. The van der Waals surface area contributed by atoms with E-state index >= 15 is 0 Å². The van der Waals surface area contributed by atoms with Crippen molar-refractivity contribution in [2.75, 3.05) is 0 Å². The molecule has 6 rings (SSSR count). The molecule has 0 aromatic heterocycles. The van der Waals surface area contributed by atoms with Crippen LogP contribution in [0.15, 0.2) is 84.9 Å². The summed E-state index contributed by atoms with van der Waals surface area (Å²) < 4.78 is 0. The summed E-state index contributed by atoms with van der Waals surface area (Å²) >= 11 is 0. The molecular formula is C28H22. The summed E-state index contributed by atoms with van der Waals surface area (Å²) in [5.41, 5.74) is 14.5. The van der Waals surface area contributed by atoms with E-state index in [9.17, 15) is 0 Å². The molecule has 0 saturated heterocycles. The van der Waals surface area contributed by atoms with Gasteiger partial charge in [-0.2, -0.15) is 0 Å². The molecule has 0 radical (unpaired) electrons. The van der Waals surface area contributed by atoms with Crippen molar-refractivity contribution in [2.45, 2.75) is 25.7 Å². The van der Waals surface area contributed by atoms with Crippen molar-refractivity contribution in [3.05, 3.63) is 118 Å². The highest BCUT2D eigenvalue weighted by molar-refractivity contribution is 5.78. The fraction of sp³-hybridized carbons (Fsp3) is 0.143. The van der Waals surface area contributed by atoms with Gasteiger partial charge in [-0.05, 0) is 81.3 Å². The summed E-state index contributed by atoms with van der Waals surface area (Å²) in [6, 6.07) is 31.8. The van der Waals surface area contributed by atoms with Gasteiger partial charge in [-0.15, -0.1) is 0 Å². The van der Waals surface area contributed by atoms with Crippen LogP contribution in [0.25, 0.3) is 22.3 Å². The van der Waals surface area contributed by atoms with Gasteiger partial charge in [-0.3, -0.25) is 0 Å². The summed E-state index contributed by atoms with van der Waals surface area (Å²) in [5.74, 6) is 0. The lowest BCUT2D eigenvalue weighted by Gasteiger charge is -2.08. The van der Waals surface area contributed by atoms with E-state index in [1.165, 1.54) is 55.6 Å². The normalized spacial score (nSPS) is 13.0. The van der Waals surface area contributed by atoms with Gasteiger partial charge in [0.1, 0.15) is 0 Å². The Labute approximate surface area is 166 Å². The van der Waals surface area contributed by atoms with E-state index in [-0.39, 0.29) is 0 Å². The number of fused-ring (bicyclic) bond motifs is 6. The molecule has 0 spiro atoms. The van der Waals surface area contributed by atoms with Crippen LogP contribution in [0.3, 0.4) is 0 Å². The zero-order valence-electron chi connectivity index (χ0n) is 15.9. The zero-order valence-corrected chi connectivity index (χ0v) is 15.9. The molecule has 0 N–H and O–H groups in total. The molecule has 0 atom stereocenters. The SMILES string of the molecule is c1ccc2c(c1)Cc1ccc(CCc3ccc4c(c3)-c3ccccc3C4)cc1-2. The van der Waals surface area contributed by atoms with Gasteiger partial charge in [-0.25, -0.2) is 0 Å². The Morgan fingerprint density at radius 2 is 0.857 bits per heavy atom. The summed E-state index contributed by atoms with van der Waals surface area (Å²) in [6.07, 6.45) is 4.35. The quantitative estimate of drug-likeness (QED) is 0.334. The maximum atomic E-state index is 2.42. The first-order chi connectivity index (χ1) is 13.8. The minimum atomic E-state index is 1.08. The fourth-order valence-corrected chi connectivity index (χ4v) is 4.94. The van der Waals surface area contributed by atoms with E-state index in [0.29, 0.717) is 0 Å². The first-order valence-corrected chi connectivity index (χ1v) is 10.3. The van der Waals surface area contributed by atoms with Gasteiger partial charge in [0.2, 0.25) is 0 Å². The van der Waals surface area contributed by atoms with Crippen LogP contribution in [-0.2, 0) is 25.7 Å². The maximum Gasteiger partial charge on any atom is -0.00135 e. The van der Waals surface area contributed by atoms with Crippen molar-refractivity contribution < 1.29 is 0 Å². The minimum Gasteiger partial charge on any atom is -0.0619 e. The largest absolute Gasteiger partial charge is 0.0619 e. The monoisotopic (exact) mass is 358 g/mol. The molecule has 0 heteroatoms. The molecular weight excluding hydrogens is 336 g/mol. The molecule has 2 aliphatic carbocycles. The molecule has 4 aromatic carbocycles. The van der Waals surface area contributed by atoms with Gasteiger partial charge >= 0.3 is 0 Å². The van der Waals surface area contributed by atoms with Gasteiger partial charge in [0.15, 0.2) is 0 Å². The first-order valence-electron chi connectivity index (χ1n) is 10.3. The van der Waals surface area contributed by atoms with E-state index in [1.807, 2.05) is 0 Å². The Morgan fingerprint density at radius 1 is 0.429 bits per heavy atom. The molecule has 0 heterocycles. The molecule has 0 saturated carbocycles. The van der Waals surface area contributed by atoms with E-state index in [1.54, 1.807) is 0 Å². The Morgan fingerprint density at radius 3 is 1.36 bits per heavy atom. The lowest BCUT2D eigenvalue weighted by Crippen LogP contribution is -1.94. The average Bonchev–Trinajstić information content (AvgIpc) is 3.30. The van der Waals surface area contributed by atoms with E-state index in [4.69, 9.17) is 0 Å². The lowest BCUT2D eigenvalue weighted by atomic mass is 9.97. The van der Waals surface area contributed by atoms with Crippen LogP contribution < -0.4 is 0 Å². The van der Waals surface area contributed by atoms with E-state index in [2.05, 4.69) is 84.9 Å². The van der Waals surface area contributed by atoms with Crippen molar-refractivity contribution in [1.82, 2.24) is 0 Å². The highest BCUT2D eigenvalue weighted by Crippen LogP contribution is 2.38. The second-order valence-corrected chi connectivity index (χ2v) is 8.15. The number of rotatable bonds is 3. The number of benzene rings is 4. The topological polar surface area (TPSA) is 0 Å². The van der Waals surface area contributed by atoms with Crippen molar-refractivity contribution in [3.8, 4) is 22.3 Å². The molecule has 4 aromatic rings. The zero-order chi connectivity index (χ0) is 18.5. The van der Waals surface area contributed by atoms with Crippen molar-refractivity contribution >= 4 is 0 Å². The second kappa shape index (κ2) is 6.21. The Bertz CT molecular complexity index is 1120. The van der Waals surface area contributed by atoms with Crippen LogP contribution in [0, 0.1) is 0 Å². The molecule has 134 valence electrons. The van der Waals surface area contributed by atoms with Crippen LogP contribution in [0.4, 0.5) is 0 Å². The van der Waals surface area contributed by atoms with Gasteiger partial charge in [0, 0.05) is 0 Å². The molecule has 0 aliphatic heterocycles. The molecule has 0 unspecified atom stereocenters. The van der Waals surface area contributed by atoms with Gasteiger partial charge in [0.05, 0.1) is 0 Å². The second-order valence-electron chi connectivity index (χ2n) is 8.15.